The summed E-state index contributed by atoms with van der Waals surface area (Å²) in [5.74, 6) is -2.30. The minimum absolute atomic E-state index is 0.0538. The topological polar surface area (TPSA) is 146 Å². The van der Waals surface area contributed by atoms with Gasteiger partial charge in [-0.2, -0.15) is 5.10 Å². The second-order valence-corrected chi connectivity index (χ2v) is 7.40. The molecule has 33 heavy (non-hydrogen) atoms. The van der Waals surface area contributed by atoms with E-state index in [1.165, 1.54) is 30.6 Å². The van der Waals surface area contributed by atoms with Crippen molar-refractivity contribution in [2.75, 3.05) is 7.11 Å². The second kappa shape index (κ2) is 10.7. The molecular formula is C22H17N4O6S-. The molecule has 168 valence electrons. The van der Waals surface area contributed by atoms with Crippen LogP contribution < -0.4 is 20.6 Å². The number of ether oxygens (including phenoxy) is 1. The largest absolute Gasteiger partial charge is 0.865 e. The summed E-state index contributed by atoms with van der Waals surface area (Å²) in [5, 5.41) is 31.1. The lowest BCUT2D eigenvalue weighted by molar-refractivity contribution is -0.398. The molecule has 0 bridgehead atoms. The molecule has 1 heterocycles. The third-order valence-corrected chi connectivity index (χ3v) is 5.03. The molecular weight excluding hydrogens is 448 g/mol. The highest BCUT2D eigenvalue weighted by molar-refractivity contribution is 7.10. The molecule has 11 heteroatoms. The normalized spacial score (nSPS) is 11.2. The number of hydrazone groups is 1. The van der Waals surface area contributed by atoms with Gasteiger partial charge in [0.2, 0.25) is 0 Å². The summed E-state index contributed by atoms with van der Waals surface area (Å²) >= 11 is 1.37. The maximum absolute atomic E-state index is 12.7. The first-order valence-corrected chi connectivity index (χ1v) is 10.3. The lowest BCUT2D eigenvalue weighted by atomic mass is 10.2. The van der Waals surface area contributed by atoms with Gasteiger partial charge < -0.3 is 15.2 Å². The van der Waals surface area contributed by atoms with Gasteiger partial charge in [0, 0.05) is 27.8 Å². The maximum Gasteiger partial charge on any atom is 0.287 e. The van der Waals surface area contributed by atoms with E-state index >= 15 is 0 Å². The predicted octanol–water partition coefficient (Wildman–Crippen LogP) is 2.66. The first kappa shape index (κ1) is 23.2. The van der Waals surface area contributed by atoms with E-state index < -0.39 is 28.2 Å². The Morgan fingerprint density at radius 2 is 1.91 bits per heavy atom. The zero-order valence-corrected chi connectivity index (χ0v) is 18.0. The van der Waals surface area contributed by atoms with Crippen LogP contribution in [0.25, 0.3) is 6.08 Å². The van der Waals surface area contributed by atoms with E-state index in [2.05, 4.69) is 15.8 Å². The van der Waals surface area contributed by atoms with Crippen LogP contribution in [0.1, 0.15) is 20.8 Å². The van der Waals surface area contributed by atoms with Crippen molar-refractivity contribution in [3.8, 4) is 11.5 Å². The predicted molar refractivity (Wildman–Crippen MR) is 121 cm³/mol. The molecule has 2 N–H and O–H groups in total. The average Bonchev–Trinajstić information content (AvgIpc) is 3.33. The van der Waals surface area contributed by atoms with E-state index in [4.69, 9.17) is 4.74 Å². The molecule has 0 radical (unpaired) electrons. The van der Waals surface area contributed by atoms with Gasteiger partial charge >= 0.3 is 0 Å². The number of carbonyl (C=O) groups excluding carboxylic acids is 2. The molecule has 0 saturated carbocycles. The SMILES string of the molecule is COc1cc(C=NNC(=O)C(=Cc2cccs2)NC(=O)c2ccccc2)cc([N+](=O)[O-])c1[O-]. The highest BCUT2D eigenvalue weighted by atomic mass is 32.1. The van der Waals surface area contributed by atoms with Gasteiger partial charge in [-0.3, -0.25) is 19.7 Å². The summed E-state index contributed by atoms with van der Waals surface area (Å²) < 4.78 is 4.87. The van der Waals surface area contributed by atoms with Crippen molar-refractivity contribution in [2.45, 2.75) is 0 Å². The molecule has 3 aromatic rings. The van der Waals surface area contributed by atoms with Crippen LogP contribution in [0.15, 0.2) is 70.8 Å². The number of nitro groups is 1. The molecule has 1 aromatic heterocycles. The molecule has 0 fully saturated rings. The third kappa shape index (κ3) is 6.02. The summed E-state index contributed by atoms with van der Waals surface area (Å²) in [5.41, 5.74) is 2.05. The number of hydrogen-bond acceptors (Lipinski definition) is 8. The van der Waals surface area contributed by atoms with Crippen LogP contribution >= 0.6 is 11.3 Å². The Bertz CT molecular complexity index is 1220. The number of thiophene rings is 1. The Balaban J connectivity index is 1.80. The van der Waals surface area contributed by atoms with E-state index in [1.54, 1.807) is 42.5 Å². The molecule has 0 spiro atoms. The van der Waals surface area contributed by atoms with Gasteiger partial charge in [-0.1, -0.05) is 24.3 Å². The first-order valence-electron chi connectivity index (χ1n) is 9.37. The summed E-state index contributed by atoms with van der Waals surface area (Å²) in [7, 11) is 1.21. The van der Waals surface area contributed by atoms with Crippen LogP contribution in [0, 0.1) is 10.1 Å². The maximum atomic E-state index is 12.7. The quantitative estimate of drug-likeness (QED) is 0.226. The fourth-order valence-electron chi connectivity index (χ4n) is 2.65. The van der Waals surface area contributed by atoms with Crippen molar-refractivity contribution in [3.63, 3.8) is 0 Å². The summed E-state index contributed by atoms with van der Waals surface area (Å²) in [4.78, 5) is 36.2. The number of hydrogen-bond donors (Lipinski definition) is 2. The molecule has 0 aliphatic carbocycles. The molecule has 2 aromatic carbocycles. The van der Waals surface area contributed by atoms with Gasteiger partial charge in [0.15, 0.2) is 0 Å². The summed E-state index contributed by atoms with van der Waals surface area (Å²) in [6, 6.07) is 14.2. The van der Waals surface area contributed by atoms with Crippen LogP contribution in [-0.2, 0) is 4.79 Å². The smallest absolute Gasteiger partial charge is 0.287 e. The lowest BCUT2D eigenvalue weighted by Gasteiger charge is -2.13. The van der Waals surface area contributed by atoms with E-state index in [9.17, 15) is 24.8 Å². The molecule has 0 saturated heterocycles. The number of nitro benzene ring substituents is 1. The third-order valence-electron chi connectivity index (χ3n) is 4.21. The minimum atomic E-state index is -0.867. The second-order valence-electron chi connectivity index (χ2n) is 6.42. The molecule has 10 nitrogen and oxygen atoms in total. The fourth-order valence-corrected chi connectivity index (χ4v) is 3.31. The average molecular weight is 465 g/mol. The number of amides is 2. The highest BCUT2D eigenvalue weighted by Crippen LogP contribution is 2.33. The van der Waals surface area contributed by atoms with Crippen molar-refractivity contribution >= 4 is 41.1 Å². The van der Waals surface area contributed by atoms with Crippen molar-refractivity contribution in [2.24, 2.45) is 5.10 Å². The van der Waals surface area contributed by atoms with Crippen LogP contribution in [-0.4, -0.2) is 30.1 Å². The van der Waals surface area contributed by atoms with Gasteiger partial charge in [0.1, 0.15) is 11.4 Å². The number of carbonyl (C=O) groups is 2. The number of nitrogens with one attached hydrogen (secondary N) is 2. The van der Waals surface area contributed by atoms with Crippen LogP contribution in [0.5, 0.6) is 11.5 Å². The molecule has 0 atom stereocenters. The molecule has 0 aliphatic rings. The lowest BCUT2D eigenvalue weighted by Crippen LogP contribution is -2.32. The van der Waals surface area contributed by atoms with Crippen molar-refractivity contribution in [3.05, 3.63) is 91.8 Å². The van der Waals surface area contributed by atoms with Gasteiger partial charge in [-0.15, -0.1) is 11.3 Å². The number of rotatable bonds is 8. The zero-order chi connectivity index (χ0) is 23.8. The van der Waals surface area contributed by atoms with E-state index in [0.717, 1.165) is 17.2 Å². The highest BCUT2D eigenvalue weighted by Gasteiger charge is 2.15. The number of benzene rings is 2. The minimum Gasteiger partial charge on any atom is -0.865 e. The van der Waals surface area contributed by atoms with Gasteiger partial charge in [0.25, 0.3) is 17.5 Å². The zero-order valence-electron chi connectivity index (χ0n) is 17.2. The Morgan fingerprint density at radius 1 is 1.15 bits per heavy atom. The fraction of sp³-hybridized carbons (Fsp3) is 0.0455. The van der Waals surface area contributed by atoms with E-state index in [-0.39, 0.29) is 17.0 Å². The van der Waals surface area contributed by atoms with Gasteiger partial charge in [0.05, 0.1) is 18.2 Å². The van der Waals surface area contributed by atoms with Crippen LogP contribution in [0.3, 0.4) is 0 Å². The van der Waals surface area contributed by atoms with E-state index in [0.29, 0.717) is 5.56 Å². The monoisotopic (exact) mass is 465 g/mol. The molecule has 3 rings (SSSR count). The Labute approximate surface area is 192 Å². The van der Waals surface area contributed by atoms with E-state index in [1.807, 2.05) is 5.38 Å². The van der Waals surface area contributed by atoms with Gasteiger partial charge in [-0.25, -0.2) is 5.43 Å². The molecule has 0 aliphatic heterocycles. The molecule has 2 amide bonds. The first-order chi connectivity index (χ1) is 15.9. The van der Waals surface area contributed by atoms with Crippen LogP contribution in [0.4, 0.5) is 5.69 Å². The Kier molecular flexibility index (Phi) is 7.50. The summed E-state index contributed by atoms with van der Waals surface area (Å²) in [6.45, 7) is 0. The Hall–Kier alpha value is -4.51. The number of methoxy groups -OCH3 is 1. The van der Waals surface area contributed by atoms with Crippen LogP contribution in [0.2, 0.25) is 0 Å². The number of nitrogens with zero attached hydrogens (tertiary/aromatic N) is 2. The van der Waals surface area contributed by atoms with Gasteiger partial charge in [-0.05, 0) is 35.7 Å². The van der Waals surface area contributed by atoms with Crippen molar-refractivity contribution < 1.29 is 24.4 Å². The molecule has 0 unspecified atom stereocenters. The van der Waals surface area contributed by atoms with Crippen molar-refractivity contribution in [1.82, 2.24) is 10.7 Å². The standard InChI is InChI=1S/C22H18N4O6S/c1-32-19-11-14(10-18(20(19)27)26(30)31)13-23-25-22(29)17(12-16-8-5-9-33-16)24-21(28)15-6-3-2-4-7-15/h2-13,27H,1H3,(H,24,28)(H,25,29)/p-1. The van der Waals surface area contributed by atoms with Crippen molar-refractivity contribution in [1.29, 1.82) is 0 Å². The summed E-state index contributed by atoms with van der Waals surface area (Å²) in [6.07, 6.45) is 2.62. The Morgan fingerprint density at radius 3 is 2.55 bits per heavy atom.